The summed E-state index contributed by atoms with van der Waals surface area (Å²) >= 11 is 0. The normalized spacial score (nSPS) is 10.6. The third-order valence-corrected chi connectivity index (χ3v) is 2.44. The number of aromatic hydroxyl groups is 1. The summed E-state index contributed by atoms with van der Waals surface area (Å²) in [5, 5.41) is 13.2. The van der Waals surface area contributed by atoms with Crippen LogP contribution >= 0.6 is 0 Å². The summed E-state index contributed by atoms with van der Waals surface area (Å²) in [4.78, 5) is 0. The summed E-state index contributed by atoms with van der Waals surface area (Å²) in [6.07, 6.45) is 1.58. The maximum atomic E-state index is 9.20. The highest BCUT2D eigenvalue weighted by Gasteiger charge is 2.10. The molecule has 0 atom stereocenters. The van der Waals surface area contributed by atoms with Gasteiger partial charge in [-0.3, -0.25) is 0 Å². The van der Waals surface area contributed by atoms with Crippen molar-refractivity contribution in [2.45, 2.75) is 0 Å². The highest BCUT2D eigenvalue weighted by molar-refractivity contribution is 5.64. The van der Waals surface area contributed by atoms with Crippen molar-refractivity contribution in [3.63, 3.8) is 0 Å². The highest BCUT2D eigenvalue weighted by Crippen LogP contribution is 2.26. The summed E-state index contributed by atoms with van der Waals surface area (Å²) in [5.41, 5.74) is 1.58. The van der Waals surface area contributed by atoms with Gasteiger partial charge in [-0.2, -0.15) is 0 Å². The molecule has 3 rings (SSSR count). The number of hydrogen-bond donors (Lipinski definition) is 1. The van der Waals surface area contributed by atoms with Gasteiger partial charge in [-0.15, -0.1) is 0 Å². The average Bonchev–Trinajstić information content (AvgIpc) is 3.00. The smallest absolute Gasteiger partial charge is 0.202 e. The summed E-state index contributed by atoms with van der Waals surface area (Å²) < 4.78 is 10.4. The molecule has 1 aromatic carbocycles. The molecule has 4 heteroatoms. The average molecular weight is 227 g/mol. The fourth-order valence-electron chi connectivity index (χ4n) is 1.58. The quantitative estimate of drug-likeness (QED) is 0.729. The first-order valence-corrected chi connectivity index (χ1v) is 5.13. The van der Waals surface area contributed by atoms with Crippen LogP contribution in [0, 0.1) is 0 Å². The lowest BCUT2D eigenvalue weighted by molar-refractivity contribution is 0.420. The van der Waals surface area contributed by atoms with Gasteiger partial charge in [0.1, 0.15) is 11.4 Å². The molecule has 0 saturated heterocycles. The van der Waals surface area contributed by atoms with Crippen LogP contribution in [0.25, 0.3) is 22.8 Å². The lowest BCUT2D eigenvalue weighted by atomic mass is 10.1. The van der Waals surface area contributed by atoms with Crippen molar-refractivity contribution in [1.82, 2.24) is 5.16 Å². The molecular formula is C13H9NO3. The van der Waals surface area contributed by atoms with Gasteiger partial charge in [0.2, 0.25) is 5.76 Å². The third kappa shape index (κ3) is 1.80. The molecule has 0 aliphatic carbocycles. The first-order chi connectivity index (χ1) is 8.33. The van der Waals surface area contributed by atoms with E-state index in [-0.39, 0.29) is 5.75 Å². The van der Waals surface area contributed by atoms with E-state index in [9.17, 15) is 5.11 Å². The molecule has 0 aliphatic rings. The van der Waals surface area contributed by atoms with Gasteiger partial charge in [-0.05, 0) is 36.4 Å². The number of benzene rings is 1. The van der Waals surface area contributed by atoms with Gasteiger partial charge in [-0.25, -0.2) is 0 Å². The van der Waals surface area contributed by atoms with Gasteiger partial charge in [0.25, 0.3) is 0 Å². The minimum absolute atomic E-state index is 0.225. The van der Waals surface area contributed by atoms with Gasteiger partial charge in [-0.1, -0.05) is 5.16 Å². The Bertz CT molecular complexity index is 608. The summed E-state index contributed by atoms with van der Waals surface area (Å²) in [7, 11) is 0. The molecular weight excluding hydrogens is 218 g/mol. The highest BCUT2D eigenvalue weighted by atomic mass is 16.5. The second-order valence-electron chi connectivity index (χ2n) is 3.60. The number of aromatic nitrogens is 1. The number of nitrogens with zero attached hydrogens (tertiary/aromatic N) is 1. The van der Waals surface area contributed by atoms with Gasteiger partial charge >= 0.3 is 0 Å². The zero-order valence-electron chi connectivity index (χ0n) is 8.83. The number of phenols is 1. The number of furan rings is 1. The van der Waals surface area contributed by atoms with Gasteiger partial charge in [0.15, 0.2) is 5.76 Å². The van der Waals surface area contributed by atoms with Crippen molar-refractivity contribution >= 4 is 0 Å². The summed E-state index contributed by atoms with van der Waals surface area (Å²) in [6, 6.07) is 12.2. The van der Waals surface area contributed by atoms with E-state index in [2.05, 4.69) is 5.16 Å². The first kappa shape index (κ1) is 9.72. The molecule has 0 fully saturated rings. The molecule has 2 heterocycles. The fraction of sp³-hybridized carbons (Fsp3) is 0. The Morgan fingerprint density at radius 2 is 1.82 bits per heavy atom. The molecule has 0 radical (unpaired) electrons. The molecule has 0 spiro atoms. The molecule has 0 amide bonds. The van der Waals surface area contributed by atoms with Gasteiger partial charge in [0, 0.05) is 11.6 Å². The standard InChI is InChI=1S/C13H9NO3/c15-10-5-3-9(4-6-10)11-8-13(17-14-11)12-2-1-7-16-12/h1-8,15H. The molecule has 3 aromatic rings. The van der Waals surface area contributed by atoms with Crippen LogP contribution in [0.2, 0.25) is 0 Å². The van der Waals surface area contributed by atoms with E-state index in [0.29, 0.717) is 17.2 Å². The Kier molecular flexibility index (Phi) is 2.19. The van der Waals surface area contributed by atoms with E-state index in [1.807, 2.05) is 0 Å². The van der Waals surface area contributed by atoms with Crippen molar-refractivity contribution < 1.29 is 14.0 Å². The predicted molar refractivity (Wildman–Crippen MR) is 61.3 cm³/mol. The van der Waals surface area contributed by atoms with E-state index in [0.717, 1.165) is 5.56 Å². The number of phenolic OH excluding ortho intramolecular Hbond substituents is 1. The van der Waals surface area contributed by atoms with Crippen LogP contribution in [0.4, 0.5) is 0 Å². The molecule has 17 heavy (non-hydrogen) atoms. The van der Waals surface area contributed by atoms with Crippen LogP contribution in [0.15, 0.2) is 57.7 Å². The van der Waals surface area contributed by atoms with Crippen LogP contribution in [0.1, 0.15) is 0 Å². The van der Waals surface area contributed by atoms with Crippen molar-refractivity contribution in [3.8, 4) is 28.5 Å². The topological polar surface area (TPSA) is 59.4 Å². The van der Waals surface area contributed by atoms with E-state index in [1.165, 1.54) is 0 Å². The fourth-order valence-corrected chi connectivity index (χ4v) is 1.58. The predicted octanol–water partition coefficient (Wildman–Crippen LogP) is 3.31. The largest absolute Gasteiger partial charge is 0.508 e. The van der Waals surface area contributed by atoms with E-state index in [1.54, 1.807) is 48.7 Å². The maximum absolute atomic E-state index is 9.20. The minimum Gasteiger partial charge on any atom is -0.508 e. The molecule has 0 unspecified atom stereocenters. The monoisotopic (exact) mass is 227 g/mol. The van der Waals surface area contributed by atoms with E-state index in [4.69, 9.17) is 8.94 Å². The molecule has 0 bridgehead atoms. The minimum atomic E-state index is 0.225. The van der Waals surface area contributed by atoms with Crippen molar-refractivity contribution in [2.24, 2.45) is 0 Å². The third-order valence-electron chi connectivity index (χ3n) is 2.44. The van der Waals surface area contributed by atoms with Crippen molar-refractivity contribution in [2.75, 3.05) is 0 Å². The van der Waals surface area contributed by atoms with Crippen molar-refractivity contribution in [1.29, 1.82) is 0 Å². The molecule has 1 N–H and O–H groups in total. The maximum Gasteiger partial charge on any atom is 0.202 e. The lowest BCUT2D eigenvalue weighted by Gasteiger charge is -1.94. The number of hydrogen-bond acceptors (Lipinski definition) is 4. The van der Waals surface area contributed by atoms with Crippen LogP contribution < -0.4 is 0 Å². The SMILES string of the molecule is Oc1ccc(-c2cc(-c3ccco3)on2)cc1. The Balaban J connectivity index is 1.98. The Hall–Kier alpha value is -2.49. The Labute approximate surface area is 97.1 Å². The first-order valence-electron chi connectivity index (χ1n) is 5.13. The zero-order valence-corrected chi connectivity index (χ0v) is 8.83. The van der Waals surface area contributed by atoms with Crippen LogP contribution in [0.3, 0.4) is 0 Å². The summed E-state index contributed by atoms with van der Waals surface area (Å²) in [5.74, 6) is 1.45. The Morgan fingerprint density at radius 1 is 1.00 bits per heavy atom. The zero-order chi connectivity index (χ0) is 11.7. The van der Waals surface area contributed by atoms with Gasteiger partial charge < -0.3 is 14.0 Å². The van der Waals surface area contributed by atoms with E-state index < -0.39 is 0 Å². The van der Waals surface area contributed by atoms with Gasteiger partial charge in [0.05, 0.1) is 6.26 Å². The molecule has 4 nitrogen and oxygen atoms in total. The molecule has 0 aliphatic heterocycles. The molecule has 84 valence electrons. The van der Waals surface area contributed by atoms with Crippen LogP contribution in [0.5, 0.6) is 5.75 Å². The molecule has 2 aromatic heterocycles. The number of rotatable bonds is 2. The Morgan fingerprint density at radius 3 is 2.53 bits per heavy atom. The lowest BCUT2D eigenvalue weighted by Crippen LogP contribution is -1.74. The van der Waals surface area contributed by atoms with Crippen LogP contribution in [-0.2, 0) is 0 Å². The molecule has 0 saturated carbocycles. The van der Waals surface area contributed by atoms with Crippen LogP contribution in [-0.4, -0.2) is 10.3 Å². The second kappa shape index (κ2) is 3.83. The van der Waals surface area contributed by atoms with E-state index >= 15 is 0 Å². The van der Waals surface area contributed by atoms with Crippen molar-refractivity contribution in [3.05, 3.63) is 48.7 Å². The summed E-state index contributed by atoms with van der Waals surface area (Å²) in [6.45, 7) is 0. The second-order valence-corrected chi connectivity index (χ2v) is 3.60.